The summed E-state index contributed by atoms with van der Waals surface area (Å²) >= 11 is 0. The molecule has 1 aliphatic carbocycles. The molecule has 3 rings (SSSR count). The maximum atomic E-state index is 12.3. The van der Waals surface area contributed by atoms with Gasteiger partial charge in [0.05, 0.1) is 18.7 Å². The van der Waals surface area contributed by atoms with Crippen molar-refractivity contribution >= 4 is 5.91 Å². The van der Waals surface area contributed by atoms with Crippen molar-refractivity contribution in [2.45, 2.75) is 44.6 Å². The van der Waals surface area contributed by atoms with Crippen LogP contribution in [0.5, 0.6) is 0 Å². The first-order valence-electron chi connectivity index (χ1n) is 7.30. The van der Waals surface area contributed by atoms with Gasteiger partial charge in [-0.3, -0.25) is 4.79 Å². The van der Waals surface area contributed by atoms with Gasteiger partial charge in [-0.2, -0.15) is 0 Å². The molecular weight excluding hydrogens is 228 g/mol. The second-order valence-electron chi connectivity index (χ2n) is 6.54. The summed E-state index contributed by atoms with van der Waals surface area (Å²) in [5.74, 6) is 0.559. The topological polar surface area (TPSA) is 52.6 Å². The van der Waals surface area contributed by atoms with Gasteiger partial charge in [-0.05, 0) is 44.2 Å². The zero-order chi connectivity index (χ0) is 12.8. The van der Waals surface area contributed by atoms with Crippen molar-refractivity contribution in [1.82, 2.24) is 10.2 Å². The molecule has 1 atom stereocenters. The lowest BCUT2D eigenvalue weighted by Gasteiger charge is -2.47. The second-order valence-corrected chi connectivity index (χ2v) is 6.54. The summed E-state index contributed by atoms with van der Waals surface area (Å²) < 4.78 is 0. The summed E-state index contributed by atoms with van der Waals surface area (Å²) in [6.07, 6.45) is 5.18. The van der Waals surface area contributed by atoms with E-state index in [2.05, 4.69) is 12.2 Å². The third-order valence-corrected chi connectivity index (χ3v) is 5.08. The van der Waals surface area contributed by atoms with Crippen LogP contribution in [0.15, 0.2) is 0 Å². The fourth-order valence-electron chi connectivity index (χ4n) is 3.84. The van der Waals surface area contributed by atoms with E-state index in [0.29, 0.717) is 24.4 Å². The number of nitrogens with zero attached hydrogens (tertiary/aromatic N) is 1. The maximum absolute atomic E-state index is 12.3. The lowest BCUT2D eigenvalue weighted by atomic mass is 9.87. The van der Waals surface area contributed by atoms with Crippen LogP contribution in [0.3, 0.4) is 0 Å². The Morgan fingerprint density at radius 3 is 2.67 bits per heavy atom. The molecule has 2 heterocycles. The Balaban J connectivity index is 1.52. The fourth-order valence-corrected chi connectivity index (χ4v) is 3.84. The number of aliphatic hydroxyl groups is 1. The quantitative estimate of drug-likeness (QED) is 0.779. The van der Waals surface area contributed by atoms with Crippen molar-refractivity contribution in [3.05, 3.63) is 0 Å². The molecule has 4 nitrogen and oxygen atoms in total. The largest absolute Gasteiger partial charge is 0.386 e. The smallest absolute Gasteiger partial charge is 0.226 e. The lowest BCUT2D eigenvalue weighted by molar-refractivity contribution is -0.158. The number of nitrogens with one attached hydrogen (secondary N) is 1. The number of rotatable bonds is 3. The molecule has 2 saturated heterocycles. The van der Waals surface area contributed by atoms with Gasteiger partial charge in [0.2, 0.25) is 5.91 Å². The predicted octanol–water partition coefficient (Wildman–Crippen LogP) is 0.749. The van der Waals surface area contributed by atoms with Crippen molar-refractivity contribution < 1.29 is 9.90 Å². The van der Waals surface area contributed by atoms with Crippen LogP contribution in [0, 0.1) is 11.3 Å². The summed E-state index contributed by atoms with van der Waals surface area (Å²) in [5, 5.41) is 13.5. The summed E-state index contributed by atoms with van der Waals surface area (Å²) in [4.78, 5) is 14.2. The van der Waals surface area contributed by atoms with Crippen molar-refractivity contribution in [3.63, 3.8) is 0 Å². The molecule has 1 saturated carbocycles. The van der Waals surface area contributed by atoms with Crippen molar-refractivity contribution in [1.29, 1.82) is 0 Å². The minimum atomic E-state index is -0.583. The third kappa shape index (κ3) is 1.95. The second kappa shape index (κ2) is 4.20. The summed E-state index contributed by atoms with van der Waals surface area (Å²) in [7, 11) is 0. The number of hydrogen-bond acceptors (Lipinski definition) is 3. The first kappa shape index (κ1) is 12.4. The standard InChI is InChI=1S/C14H24N2O2/c1-2-3-14(18)9-16(10-14)12(17)11-8-13(11)4-6-15-7-5-13/h11,15,18H,2-10H2,1H3. The molecule has 3 fully saturated rings. The zero-order valence-electron chi connectivity index (χ0n) is 11.2. The molecule has 2 N–H and O–H groups in total. The molecule has 0 bridgehead atoms. The fraction of sp³-hybridized carbons (Fsp3) is 0.929. The van der Waals surface area contributed by atoms with E-state index in [1.165, 1.54) is 0 Å². The summed E-state index contributed by atoms with van der Waals surface area (Å²) in [6, 6.07) is 0. The Labute approximate surface area is 109 Å². The molecule has 102 valence electrons. The molecule has 2 aliphatic heterocycles. The van der Waals surface area contributed by atoms with Gasteiger partial charge in [-0.25, -0.2) is 0 Å². The van der Waals surface area contributed by atoms with E-state index in [9.17, 15) is 9.90 Å². The van der Waals surface area contributed by atoms with Crippen molar-refractivity contribution in [2.24, 2.45) is 11.3 Å². The van der Waals surface area contributed by atoms with E-state index < -0.39 is 5.60 Å². The molecule has 0 radical (unpaired) electrons. The molecular formula is C14H24N2O2. The monoisotopic (exact) mass is 252 g/mol. The van der Waals surface area contributed by atoms with Gasteiger partial charge in [0.25, 0.3) is 0 Å². The lowest BCUT2D eigenvalue weighted by Crippen LogP contribution is -2.63. The summed E-state index contributed by atoms with van der Waals surface area (Å²) in [5.41, 5.74) is -0.263. The zero-order valence-corrected chi connectivity index (χ0v) is 11.2. The molecule has 0 aromatic heterocycles. The number of amides is 1. The molecule has 0 aromatic rings. The van der Waals surface area contributed by atoms with E-state index in [-0.39, 0.29) is 5.92 Å². The Morgan fingerprint density at radius 1 is 1.39 bits per heavy atom. The number of piperidine rings is 1. The van der Waals surface area contributed by atoms with Crippen LogP contribution in [0.4, 0.5) is 0 Å². The average Bonchev–Trinajstić information content (AvgIpc) is 3.00. The highest BCUT2D eigenvalue weighted by Gasteiger charge is 2.60. The maximum Gasteiger partial charge on any atom is 0.226 e. The van der Waals surface area contributed by atoms with E-state index >= 15 is 0 Å². The first-order valence-corrected chi connectivity index (χ1v) is 7.30. The number of carbonyl (C=O) groups excluding carboxylic acids is 1. The third-order valence-electron chi connectivity index (χ3n) is 5.08. The van der Waals surface area contributed by atoms with E-state index in [4.69, 9.17) is 0 Å². The Hall–Kier alpha value is -0.610. The van der Waals surface area contributed by atoms with Gasteiger partial charge >= 0.3 is 0 Å². The van der Waals surface area contributed by atoms with Crippen LogP contribution in [0.2, 0.25) is 0 Å². The van der Waals surface area contributed by atoms with Crippen molar-refractivity contribution in [3.8, 4) is 0 Å². The average molecular weight is 252 g/mol. The molecule has 4 heteroatoms. The Morgan fingerprint density at radius 2 is 2.06 bits per heavy atom. The van der Waals surface area contributed by atoms with Gasteiger partial charge in [0.15, 0.2) is 0 Å². The van der Waals surface area contributed by atoms with Crippen molar-refractivity contribution in [2.75, 3.05) is 26.2 Å². The normalized spacial score (nSPS) is 32.1. The van der Waals surface area contributed by atoms with Gasteiger partial charge in [-0.1, -0.05) is 13.3 Å². The van der Waals surface area contributed by atoms with Crippen LogP contribution >= 0.6 is 0 Å². The Kier molecular flexibility index (Phi) is 2.90. The van der Waals surface area contributed by atoms with Gasteiger partial charge < -0.3 is 15.3 Å². The summed E-state index contributed by atoms with van der Waals surface area (Å²) in [6.45, 7) is 5.31. The molecule has 1 amide bonds. The molecule has 18 heavy (non-hydrogen) atoms. The van der Waals surface area contributed by atoms with E-state index in [1.807, 2.05) is 4.90 Å². The number of β-amino-alcohol motifs (C(OH)–C–C–N with tert-alkyl or cyclic N) is 1. The molecule has 3 aliphatic rings. The molecule has 1 spiro atoms. The highest BCUT2D eigenvalue weighted by molar-refractivity contribution is 5.83. The highest BCUT2D eigenvalue weighted by Crippen LogP contribution is 2.59. The highest BCUT2D eigenvalue weighted by atomic mass is 16.3. The number of hydrogen-bond donors (Lipinski definition) is 2. The van der Waals surface area contributed by atoms with Crippen LogP contribution in [0.25, 0.3) is 0 Å². The number of carbonyl (C=O) groups is 1. The van der Waals surface area contributed by atoms with Gasteiger partial charge in [-0.15, -0.1) is 0 Å². The predicted molar refractivity (Wildman–Crippen MR) is 69.1 cm³/mol. The van der Waals surface area contributed by atoms with Crippen LogP contribution in [-0.2, 0) is 4.79 Å². The van der Waals surface area contributed by atoms with Crippen LogP contribution in [0.1, 0.15) is 39.0 Å². The van der Waals surface area contributed by atoms with Gasteiger partial charge in [0.1, 0.15) is 0 Å². The van der Waals surface area contributed by atoms with Crippen LogP contribution in [-0.4, -0.2) is 47.7 Å². The van der Waals surface area contributed by atoms with Gasteiger partial charge in [0, 0.05) is 5.92 Å². The van der Waals surface area contributed by atoms with E-state index in [0.717, 1.165) is 45.2 Å². The SMILES string of the molecule is CCCC1(O)CN(C(=O)C2CC23CCNCC3)C1. The minimum Gasteiger partial charge on any atom is -0.386 e. The van der Waals surface area contributed by atoms with E-state index in [1.54, 1.807) is 0 Å². The Bertz CT molecular complexity index is 344. The number of likely N-dealkylation sites (tertiary alicyclic amines) is 1. The molecule has 0 aromatic carbocycles. The molecule has 1 unspecified atom stereocenters. The minimum absolute atomic E-state index is 0.255. The first-order chi connectivity index (χ1) is 8.59. The van der Waals surface area contributed by atoms with Crippen LogP contribution < -0.4 is 5.32 Å².